The fourth-order valence-corrected chi connectivity index (χ4v) is 3.52. The van der Waals surface area contributed by atoms with E-state index in [1.54, 1.807) is 25.1 Å². The lowest BCUT2D eigenvalue weighted by Gasteiger charge is -2.10. The monoisotopic (exact) mass is 406 g/mol. The topological polar surface area (TPSA) is 117 Å². The van der Waals surface area contributed by atoms with Crippen molar-refractivity contribution in [2.45, 2.75) is 20.5 Å². The number of methoxy groups -OCH3 is 1. The first-order valence-corrected chi connectivity index (χ1v) is 9.27. The lowest BCUT2D eigenvalue weighted by molar-refractivity contribution is 0.0449. The summed E-state index contributed by atoms with van der Waals surface area (Å²) in [5.74, 6) is -1.18. The average Bonchev–Trinajstić information content (AvgIpc) is 3.02. The summed E-state index contributed by atoms with van der Waals surface area (Å²) in [6, 6.07) is 4.90. The number of rotatable bonds is 7. The Morgan fingerprint density at radius 2 is 1.89 bits per heavy atom. The minimum Gasteiger partial charge on any atom is -0.496 e. The highest BCUT2D eigenvalue weighted by Crippen LogP contribution is 2.33. The molecule has 0 aliphatic heterocycles. The van der Waals surface area contributed by atoms with Crippen molar-refractivity contribution in [1.29, 1.82) is 0 Å². The van der Waals surface area contributed by atoms with Crippen molar-refractivity contribution in [3.63, 3.8) is 0 Å². The molecule has 0 fully saturated rings. The van der Waals surface area contributed by atoms with Crippen LogP contribution in [0, 0.1) is 6.92 Å². The number of amides is 1. The van der Waals surface area contributed by atoms with Gasteiger partial charge in [0.25, 0.3) is 5.91 Å². The van der Waals surface area contributed by atoms with Crippen LogP contribution in [0.2, 0.25) is 0 Å². The normalized spacial score (nSPS) is 10.3. The maximum absolute atomic E-state index is 12.4. The summed E-state index contributed by atoms with van der Waals surface area (Å²) in [6.07, 6.45) is 0. The van der Waals surface area contributed by atoms with Gasteiger partial charge in [-0.1, -0.05) is 6.07 Å². The van der Waals surface area contributed by atoms with Gasteiger partial charge < -0.3 is 25.3 Å². The van der Waals surface area contributed by atoms with Crippen LogP contribution >= 0.6 is 11.3 Å². The van der Waals surface area contributed by atoms with Gasteiger partial charge in [-0.05, 0) is 31.5 Å². The summed E-state index contributed by atoms with van der Waals surface area (Å²) in [5, 5.41) is 2.61. The molecule has 1 aromatic heterocycles. The van der Waals surface area contributed by atoms with Crippen molar-refractivity contribution in [2.24, 2.45) is 0 Å². The molecule has 28 heavy (non-hydrogen) atoms. The number of aryl methyl sites for hydroxylation is 1. The molecule has 0 saturated carbocycles. The summed E-state index contributed by atoms with van der Waals surface area (Å²) in [7, 11) is 2.96. The zero-order chi connectivity index (χ0) is 20.8. The van der Waals surface area contributed by atoms with E-state index in [4.69, 9.17) is 19.9 Å². The van der Waals surface area contributed by atoms with Crippen LogP contribution in [0.3, 0.4) is 0 Å². The largest absolute Gasteiger partial charge is 0.496 e. The summed E-state index contributed by atoms with van der Waals surface area (Å²) < 4.78 is 15.6. The van der Waals surface area contributed by atoms with Crippen LogP contribution in [-0.4, -0.2) is 38.6 Å². The van der Waals surface area contributed by atoms with Crippen molar-refractivity contribution in [1.82, 2.24) is 5.32 Å². The van der Waals surface area contributed by atoms with Crippen molar-refractivity contribution in [3.05, 3.63) is 45.3 Å². The number of anilines is 1. The molecule has 9 heteroatoms. The lowest BCUT2D eigenvalue weighted by Crippen LogP contribution is -2.19. The zero-order valence-electron chi connectivity index (χ0n) is 16.1. The first-order chi connectivity index (χ1) is 13.3. The molecule has 0 bridgehead atoms. The van der Waals surface area contributed by atoms with E-state index >= 15 is 0 Å². The van der Waals surface area contributed by atoms with E-state index in [2.05, 4.69) is 5.32 Å². The van der Waals surface area contributed by atoms with Crippen LogP contribution in [0.4, 0.5) is 5.00 Å². The second-order valence-corrected chi connectivity index (χ2v) is 6.76. The Bertz CT molecular complexity index is 906. The van der Waals surface area contributed by atoms with Gasteiger partial charge in [-0.25, -0.2) is 9.59 Å². The van der Waals surface area contributed by atoms with Crippen LogP contribution in [0.1, 0.15) is 48.4 Å². The molecule has 0 aliphatic carbocycles. The third kappa shape index (κ3) is 4.42. The first kappa shape index (κ1) is 21.2. The number of benzene rings is 1. The molecule has 8 nitrogen and oxygen atoms in total. The quantitative estimate of drug-likeness (QED) is 0.679. The molecule has 2 rings (SSSR count). The fraction of sp³-hybridized carbons (Fsp3) is 0.316. The molecule has 0 spiro atoms. The predicted octanol–water partition coefficient (Wildman–Crippen LogP) is 2.54. The van der Waals surface area contributed by atoms with Gasteiger partial charge in [0.15, 0.2) is 0 Å². The number of hydrogen-bond acceptors (Lipinski definition) is 8. The molecule has 3 N–H and O–H groups in total. The van der Waals surface area contributed by atoms with E-state index in [0.717, 1.165) is 16.9 Å². The van der Waals surface area contributed by atoms with Crippen molar-refractivity contribution < 1.29 is 28.6 Å². The lowest BCUT2D eigenvalue weighted by atomic mass is 10.1. The third-order valence-electron chi connectivity index (χ3n) is 3.94. The van der Waals surface area contributed by atoms with E-state index in [-0.39, 0.29) is 39.8 Å². The standard InChI is InChI=1S/C19H22N2O6S/c1-5-26-19(24)14-12(15(17(22)21-3)28-16(14)20)9-27-18(23)11-7-6-10(2)13(8-11)25-4/h6-8H,5,9,20H2,1-4H3,(H,21,22). The third-order valence-corrected chi connectivity index (χ3v) is 5.00. The van der Waals surface area contributed by atoms with E-state index in [0.29, 0.717) is 5.75 Å². The van der Waals surface area contributed by atoms with Crippen LogP contribution < -0.4 is 15.8 Å². The Morgan fingerprint density at radius 1 is 1.18 bits per heavy atom. The molecule has 0 saturated heterocycles. The minimum absolute atomic E-state index is 0.0414. The second-order valence-electron chi connectivity index (χ2n) is 5.71. The van der Waals surface area contributed by atoms with Gasteiger partial charge in [-0.15, -0.1) is 11.3 Å². The molecular formula is C19H22N2O6S. The average molecular weight is 406 g/mol. The molecule has 0 aliphatic rings. The number of nitrogens with one attached hydrogen (secondary N) is 1. The number of nitrogens with two attached hydrogens (primary N) is 1. The summed E-state index contributed by atoms with van der Waals surface area (Å²) in [5.41, 5.74) is 7.33. The summed E-state index contributed by atoms with van der Waals surface area (Å²) in [6.45, 7) is 3.35. The van der Waals surface area contributed by atoms with Gasteiger partial charge in [0, 0.05) is 12.6 Å². The number of hydrogen-bond donors (Lipinski definition) is 2. The van der Waals surface area contributed by atoms with Gasteiger partial charge in [0.1, 0.15) is 27.8 Å². The highest BCUT2D eigenvalue weighted by atomic mass is 32.1. The Labute approximate surface area is 166 Å². The molecule has 150 valence electrons. The fourth-order valence-electron chi connectivity index (χ4n) is 2.51. The molecule has 0 atom stereocenters. The SMILES string of the molecule is CCOC(=O)c1c(N)sc(C(=O)NC)c1COC(=O)c1ccc(C)c(OC)c1. The molecule has 1 aromatic carbocycles. The predicted molar refractivity (Wildman–Crippen MR) is 105 cm³/mol. The Kier molecular flexibility index (Phi) is 7.00. The van der Waals surface area contributed by atoms with Gasteiger partial charge in [-0.2, -0.15) is 0 Å². The second kappa shape index (κ2) is 9.23. The molecule has 0 radical (unpaired) electrons. The van der Waals surface area contributed by atoms with Gasteiger partial charge in [0.05, 0.1) is 19.3 Å². The molecular weight excluding hydrogens is 384 g/mol. The van der Waals surface area contributed by atoms with E-state index in [1.165, 1.54) is 14.2 Å². The number of esters is 2. The Balaban J connectivity index is 2.32. The van der Waals surface area contributed by atoms with E-state index < -0.39 is 17.8 Å². The molecule has 2 aromatic rings. The summed E-state index contributed by atoms with van der Waals surface area (Å²) in [4.78, 5) is 37.0. The van der Waals surface area contributed by atoms with Crippen LogP contribution in [0.25, 0.3) is 0 Å². The highest BCUT2D eigenvalue weighted by Gasteiger charge is 2.27. The smallest absolute Gasteiger partial charge is 0.341 e. The van der Waals surface area contributed by atoms with Crippen molar-refractivity contribution >= 4 is 34.2 Å². The molecule has 0 unspecified atom stereocenters. The van der Waals surface area contributed by atoms with Crippen molar-refractivity contribution in [2.75, 3.05) is 26.5 Å². The number of nitrogen functional groups attached to an aromatic ring is 1. The zero-order valence-corrected chi connectivity index (χ0v) is 16.9. The molecule has 1 amide bonds. The van der Waals surface area contributed by atoms with Gasteiger partial charge in [-0.3, -0.25) is 4.79 Å². The van der Waals surface area contributed by atoms with E-state index in [9.17, 15) is 14.4 Å². The molecule has 1 heterocycles. The number of ether oxygens (including phenoxy) is 3. The van der Waals surface area contributed by atoms with Gasteiger partial charge in [0.2, 0.25) is 0 Å². The van der Waals surface area contributed by atoms with Crippen molar-refractivity contribution in [3.8, 4) is 5.75 Å². The summed E-state index contributed by atoms with van der Waals surface area (Å²) >= 11 is 0.937. The maximum atomic E-state index is 12.4. The van der Waals surface area contributed by atoms with Crippen LogP contribution in [-0.2, 0) is 16.1 Å². The maximum Gasteiger partial charge on any atom is 0.341 e. The van der Waals surface area contributed by atoms with Gasteiger partial charge >= 0.3 is 11.9 Å². The van der Waals surface area contributed by atoms with Crippen LogP contribution in [0.5, 0.6) is 5.75 Å². The number of carbonyl (C=O) groups is 3. The van der Waals surface area contributed by atoms with Crippen LogP contribution in [0.15, 0.2) is 18.2 Å². The number of carbonyl (C=O) groups excluding carboxylic acids is 3. The Hall–Kier alpha value is -3.07. The number of thiophene rings is 1. The first-order valence-electron chi connectivity index (χ1n) is 8.46. The Morgan fingerprint density at radius 3 is 2.50 bits per heavy atom. The minimum atomic E-state index is -0.672. The van der Waals surface area contributed by atoms with E-state index in [1.807, 2.05) is 6.92 Å². The highest BCUT2D eigenvalue weighted by molar-refractivity contribution is 7.18.